The second kappa shape index (κ2) is 25.2. The summed E-state index contributed by atoms with van der Waals surface area (Å²) in [6, 6.07) is 0. The van der Waals surface area contributed by atoms with Crippen LogP contribution in [0.2, 0.25) is 0 Å². The van der Waals surface area contributed by atoms with E-state index in [0.717, 1.165) is 13.5 Å². The van der Waals surface area contributed by atoms with E-state index in [4.69, 9.17) is 9.26 Å². The maximum atomic E-state index is 11.7. The van der Waals surface area contributed by atoms with Crippen molar-refractivity contribution in [2.24, 2.45) is 0 Å². The van der Waals surface area contributed by atoms with Gasteiger partial charge in [-0.05, 0) is 31.9 Å². The third kappa shape index (κ3) is 22.0. The largest absolute Gasteiger partial charge is 0.460 e. The maximum absolute atomic E-state index is 11.7. The highest BCUT2D eigenvalue weighted by Gasteiger charge is 2.32. The molecule has 3 unspecified atom stereocenters. The Labute approximate surface area is 226 Å². The van der Waals surface area contributed by atoms with Crippen molar-refractivity contribution in [3.05, 3.63) is 0 Å². The lowest BCUT2D eigenvalue weighted by Crippen LogP contribution is -2.19. The molecule has 0 spiro atoms. The number of hydrogen-bond acceptors (Lipinski definition) is 6. The highest BCUT2D eigenvalue weighted by atomic mass is 32.2. The zero-order valence-corrected chi connectivity index (χ0v) is 25.6. The van der Waals surface area contributed by atoms with Gasteiger partial charge in [0.2, 0.25) is 0 Å². The summed E-state index contributed by atoms with van der Waals surface area (Å²) in [5.74, 6) is 1.21. The first-order valence-electron chi connectivity index (χ1n) is 14.7. The van der Waals surface area contributed by atoms with Gasteiger partial charge in [0.1, 0.15) is 0 Å². The predicted molar refractivity (Wildman–Crippen MR) is 154 cm³/mol. The first kappa shape index (κ1) is 35.9. The monoisotopic (exact) mass is 552 g/mol. The molecule has 36 heavy (non-hydrogen) atoms. The predicted octanol–water partition coefficient (Wildman–Crippen LogP) is 9.52. The molecule has 0 saturated carbocycles. The lowest BCUT2D eigenvalue weighted by Gasteiger charge is -2.19. The third-order valence-corrected chi connectivity index (χ3v) is 9.07. The Kier molecular flexibility index (Phi) is 25.2. The number of thioether (sulfide) groups is 1. The van der Waals surface area contributed by atoms with Gasteiger partial charge in [-0.1, -0.05) is 110 Å². The van der Waals surface area contributed by atoms with Gasteiger partial charge in [-0.3, -0.25) is 4.52 Å². The smallest absolute Gasteiger partial charge is 0.435 e. The van der Waals surface area contributed by atoms with Gasteiger partial charge in [-0.2, -0.15) is 11.8 Å². The third-order valence-electron chi connectivity index (χ3n) is 6.46. The minimum Gasteiger partial charge on any atom is -0.460 e. The molecule has 8 heteroatoms. The number of hydrogen-bond donors (Lipinski definition) is 1. The summed E-state index contributed by atoms with van der Waals surface area (Å²) in [5.41, 5.74) is -1.24. The minimum absolute atomic E-state index is 0.115. The minimum atomic E-state index is -4.40. The quantitative estimate of drug-likeness (QED) is 0.0802. The molecule has 0 radical (unpaired) electrons. The molecule has 6 nitrogen and oxygen atoms in total. The molecule has 0 rings (SSSR count). The summed E-state index contributed by atoms with van der Waals surface area (Å²) in [6.45, 7) is 6.78. The van der Waals surface area contributed by atoms with Crippen LogP contribution in [0.3, 0.4) is 0 Å². The second-order valence-corrected chi connectivity index (χ2v) is 13.1. The number of carbonyl (C=O) groups is 1. The summed E-state index contributed by atoms with van der Waals surface area (Å²) in [6.07, 6.45) is 23.4. The number of rotatable bonds is 27. The zero-order valence-electron chi connectivity index (χ0n) is 23.8. The Morgan fingerprint density at radius 3 is 1.83 bits per heavy atom. The Bertz CT molecular complexity index is 548. The van der Waals surface area contributed by atoms with Crippen LogP contribution in [0.15, 0.2) is 0 Å². The average molecular weight is 553 g/mol. The lowest BCUT2D eigenvalue weighted by molar-refractivity contribution is 0.0277. The van der Waals surface area contributed by atoms with Gasteiger partial charge in [0.15, 0.2) is 0 Å². The molecular formula is C28H57O6PS. The van der Waals surface area contributed by atoms with Crippen molar-refractivity contribution < 1.29 is 28.3 Å². The van der Waals surface area contributed by atoms with Crippen LogP contribution in [0.4, 0.5) is 4.79 Å². The Hall–Kier alpha value is -0.0700. The van der Waals surface area contributed by atoms with E-state index in [1.54, 1.807) is 6.92 Å². The molecule has 0 saturated heterocycles. The van der Waals surface area contributed by atoms with Gasteiger partial charge in [0.05, 0.1) is 19.8 Å². The molecule has 0 amide bonds. The molecule has 0 aromatic heterocycles. The number of ether oxygens (including phenoxy) is 2. The molecule has 0 heterocycles. The normalized spacial score (nSPS) is 14.9. The van der Waals surface area contributed by atoms with Gasteiger partial charge in [0, 0.05) is 11.9 Å². The fourth-order valence-corrected chi connectivity index (χ4v) is 6.17. The Morgan fingerprint density at radius 1 is 0.806 bits per heavy atom. The summed E-state index contributed by atoms with van der Waals surface area (Å²) in [4.78, 5) is 20.8. The molecule has 0 aliphatic carbocycles. The fraction of sp³-hybridized carbons (Fsp3) is 0.964. The van der Waals surface area contributed by atoms with Gasteiger partial charge in [-0.15, -0.1) is 0 Å². The molecule has 3 atom stereocenters. The zero-order chi connectivity index (χ0) is 26.9. The van der Waals surface area contributed by atoms with E-state index in [-0.39, 0.29) is 12.7 Å². The summed E-state index contributed by atoms with van der Waals surface area (Å²) in [7, 11) is -3.33. The first-order chi connectivity index (χ1) is 17.4. The lowest BCUT2D eigenvalue weighted by atomic mass is 10.1. The van der Waals surface area contributed by atoms with Crippen LogP contribution in [0, 0.1) is 0 Å². The van der Waals surface area contributed by atoms with Crippen molar-refractivity contribution in [1.29, 1.82) is 0 Å². The number of carbonyl (C=O) groups excluding carboxylic acids is 1. The molecule has 0 aliphatic rings. The van der Waals surface area contributed by atoms with E-state index >= 15 is 0 Å². The van der Waals surface area contributed by atoms with Gasteiger partial charge in [0.25, 0.3) is 0 Å². The number of methoxy groups -OCH3 is 1. The SMILES string of the molecule is CCCCCCCCCCCCCSC(CCCCCCC)CCOC(C)COP(=O)(O)C(=O)OC. The Balaban J connectivity index is 4.08. The van der Waals surface area contributed by atoms with Crippen LogP contribution >= 0.6 is 19.4 Å². The molecular weight excluding hydrogens is 495 g/mol. The molecule has 1 N–H and O–H groups in total. The van der Waals surface area contributed by atoms with Crippen molar-refractivity contribution in [1.82, 2.24) is 0 Å². The topological polar surface area (TPSA) is 82.1 Å². The standard InChI is InChI=1S/C28H57O6PS/c1-5-7-9-11-12-13-14-15-16-18-20-24-36-27(21-19-17-10-8-6-2)22-23-33-26(3)25-34-35(30,31)28(29)32-4/h26-27H,5-25H2,1-4H3,(H,30,31). The van der Waals surface area contributed by atoms with Crippen LogP contribution in [-0.4, -0.2) is 48.0 Å². The van der Waals surface area contributed by atoms with E-state index in [9.17, 15) is 14.3 Å². The van der Waals surface area contributed by atoms with Crippen LogP contribution in [-0.2, 0) is 18.6 Å². The highest BCUT2D eigenvalue weighted by molar-refractivity contribution is 7.99. The van der Waals surface area contributed by atoms with E-state index in [0.29, 0.717) is 11.9 Å². The van der Waals surface area contributed by atoms with Crippen LogP contribution in [0.25, 0.3) is 0 Å². The molecule has 0 fully saturated rings. The average Bonchev–Trinajstić information content (AvgIpc) is 2.87. The van der Waals surface area contributed by atoms with Crippen molar-refractivity contribution >= 4 is 25.1 Å². The van der Waals surface area contributed by atoms with E-state index in [2.05, 4.69) is 30.3 Å². The summed E-state index contributed by atoms with van der Waals surface area (Å²) >= 11 is 2.08. The fourth-order valence-electron chi connectivity index (χ4n) is 4.13. The highest BCUT2D eigenvalue weighted by Crippen LogP contribution is 2.43. The molecule has 0 aliphatic heterocycles. The summed E-state index contributed by atoms with van der Waals surface area (Å²) in [5, 5.41) is 0.585. The molecule has 0 bridgehead atoms. The molecule has 0 aromatic carbocycles. The van der Waals surface area contributed by atoms with Crippen molar-refractivity contribution in [2.45, 2.75) is 148 Å². The van der Waals surface area contributed by atoms with E-state index in [1.165, 1.54) is 115 Å². The Morgan fingerprint density at radius 2 is 1.31 bits per heavy atom. The van der Waals surface area contributed by atoms with Crippen LogP contribution in [0.1, 0.15) is 136 Å². The first-order valence-corrected chi connectivity index (χ1v) is 17.3. The van der Waals surface area contributed by atoms with Crippen molar-refractivity contribution in [2.75, 3.05) is 26.1 Å². The van der Waals surface area contributed by atoms with Crippen LogP contribution in [0.5, 0.6) is 0 Å². The van der Waals surface area contributed by atoms with Gasteiger partial charge < -0.3 is 14.4 Å². The van der Waals surface area contributed by atoms with Crippen molar-refractivity contribution in [3.8, 4) is 0 Å². The second-order valence-electron chi connectivity index (χ2n) is 9.99. The summed E-state index contributed by atoms with van der Waals surface area (Å²) < 4.78 is 26.7. The van der Waals surface area contributed by atoms with Crippen molar-refractivity contribution in [3.63, 3.8) is 0 Å². The maximum Gasteiger partial charge on any atom is 0.435 e. The molecule has 0 aromatic rings. The van der Waals surface area contributed by atoms with Gasteiger partial charge in [-0.25, -0.2) is 9.36 Å². The van der Waals surface area contributed by atoms with Crippen LogP contribution < -0.4 is 0 Å². The van der Waals surface area contributed by atoms with E-state index < -0.39 is 13.3 Å². The molecule has 216 valence electrons. The van der Waals surface area contributed by atoms with E-state index in [1.807, 2.05) is 0 Å². The number of unbranched alkanes of at least 4 members (excludes halogenated alkanes) is 14. The van der Waals surface area contributed by atoms with Gasteiger partial charge >= 0.3 is 13.3 Å².